The lowest BCUT2D eigenvalue weighted by molar-refractivity contribution is 0.341. The van der Waals surface area contributed by atoms with Gasteiger partial charge in [0.1, 0.15) is 11.6 Å². The molecule has 2 aromatic carbocycles. The number of rotatable bonds is 3. The minimum Gasteiger partial charge on any atom is -0.493 e. The van der Waals surface area contributed by atoms with Crippen molar-refractivity contribution in [2.24, 2.45) is 0 Å². The Hall–Kier alpha value is -1.54. The van der Waals surface area contributed by atoms with Gasteiger partial charge in [-0.25, -0.2) is 4.39 Å². The van der Waals surface area contributed by atoms with Crippen LogP contribution in [0.4, 0.5) is 4.39 Å². The van der Waals surface area contributed by atoms with Gasteiger partial charge in [-0.05, 0) is 42.8 Å². The van der Waals surface area contributed by atoms with Gasteiger partial charge < -0.3 is 4.74 Å². The zero-order valence-electron chi connectivity index (χ0n) is 9.41. The maximum atomic E-state index is 13.2. The molecule has 0 saturated heterocycles. The Balaban J connectivity index is 2.50. The summed E-state index contributed by atoms with van der Waals surface area (Å²) in [4.78, 5) is 0. The van der Waals surface area contributed by atoms with Gasteiger partial charge in [-0.15, -0.1) is 0 Å². The van der Waals surface area contributed by atoms with E-state index in [-0.39, 0.29) is 5.82 Å². The van der Waals surface area contributed by atoms with E-state index in [1.165, 1.54) is 12.1 Å². The fourth-order valence-electron chi connectivity index (χ4n) is 1.67. The third kappa shape index (κ3) is 2.77. The van der Waals surface area contributed by atoms with Gasteiger partial charge in [0, 0.05) is 10.6 Å². The molecule has 0 spiro atoms. The van der Waals surface area contributed by atoms with E-state index >= 15 is 0 Å². The Bertz CT molecular complexity index is 525. The van der Waals surface area contributed by atoms with Crippen LogP contribution in [0.2, 0.25) is 5.02 Å². The van der Waals surface area contributed by atoms with Crippen LogP contribution in [0.1, 0.15) is 6.92 Å². The summed E-state index contributed by atoms with van der Waals surface area (Å²) in [5.41, 5.74) is 1.63. The summed E-state index contributed by atoms with van der Waals surface area (Å²) in [6, 6.07) is 11.8. The zero-order chi connectivity index (χ0) is 12.3. The van der Waals surface area contributed by atoms with Gasteiger partial charge in [-0.3, -0.25) is 0 Å². The minimum atomic E-state index is -0.264. The second-order valence-corrected chi connectivity index (χ2v) is 4.02. The Kier molecular flexibility index (Phi) is 3.64. The number of hydrogen-bond acceptors (Lipinski definition) is 1. The molecule has 0 heterocycles. The standard InChI is InChI=1S/C14H12ClFO/c1-2-17-14-9-11(15)6-7-13(14)10-4-3-5-12(16)8-10/h3-9H,2H2,1H3. The lowest BCUT2D eigenvalue weighted by Crippen LogP contribution is -1.94. The molecule has 0 bridgehead atoms. The quantitative estimate of drug-likeness (QED) is 0.777. The van der Waals surface area contributed by atoms with Gasteiger partial charge in [-0.2, -0.15) is 0 Å². The minimum absolute atomic E-state index is 0.264. The van der Waals surface area contributed by atoms with Gasteiger partial charge >= 0.3 is 0 Å². The van der Waals surface area contributed by atoms with E-state index in [1.807, 2.05) is 19.1 Å². The monoisotopic (exact) mass is 250 g/mol. The van der Waals surface area contributed by atoms with Crippen LogP contribution in [0.3, 0.4) is 0 Å². The zero-order valence-corrected chi connectivity index (χ0v) is 10.2. The Morgan fingerprint density at radius 1 is 1.18 bits per heavy atom. The molecule has 0 amide bonds. The van der Waals surface area contributed by atoms with Crippen LogP contribution in [-0.2, 0) is 0 Å². The third-order valence-corrected chi connectivity index (χ3v) is 2.61. The molecule has 88 valence electrons. The van der Waals surface area contributed by atoms with E-state index in [9.17, 15) is 4.39 Å². The first kappa shape index (κ1) is 11.9. The van der Waals surface area contributed by atoms with Crippen molar-refractivity contribution >= 4 is 11.6 Å². The van der Waals surface area contributed by atoms with Crippen LogP contribution in [0, 0.1) is 5.82 Å². The second-order valence-electron chi connectivity index (χ2n) is 3.58. The maximum Gasteiger partial charge on any atom is 0.128 e. The second kappa shape index (κ2) is 5.19. The van der Waals surface area contributed by atoms with Crippen molar-refractivity contribution in [3.63, 3.8) is 0 Å². The highest BCUT2D eigenvalue weighted by Crippen LogP contribution is 2.32. The average molecular weight is 251 g/mol. The summed E-state index contributed by atoms with van der Waals surface area (Å²) < 4.78 is 18.7. The molecular formula is C14H12ClFO. The summed E-state index contributed by atoms with van der Waals surface area (Å²) in [5.74, 6) is 0.408. The van der Waals surface area contributed by atoms with Gasteiger partial charge in [-0.1, -0.05) is 23.7 Å². The molecule has 0 N–H and O–H groups in total. The topological polar surface area (TPSA) is 9.23 Å². The number of benzene rings is 2. The van der Waals surface area contributed by atoms with Crippen molar-refractivity contribution in [1.82, 2.24) is 0 Å². The largest absolute Gasteiger partial charge is 0.493 e. The van der Waals surface area contributed by atoms with Crippen LogP contribution in [-0.4, -0.2) is 6.61 Å². The average Bonchev–Trinajstić information content (AvgIpc) is 2.29. The van der Waals surface area contributed by atoms with E-state index in [2.05, 4.69) is 0 Å². The first-order valence-electron chi connectivity index (χ1n) is 5.39. The summed E-state index contributed by atoms with van der Waals surface area (Å²) in [5, 5.41) is 0.605. The maximum absolute atomic E-state index is 13.2. The van der Waals surface area contributed by atoms with Crippen LogP contribution >= 0.6 is 11.6 Å². The van der Waals surface area contributed by atoms with Crippen LogP contribution < -0.4 is 4.74 Å². The Morgan fingerprint density at radius 2 is 2.00 bits per heavy atom. The summed E-state index contributed by atoms with van der Waals surface area (Å²) >= 11 is 5.92. The molecule has 0 aromatic heterocycles. The molecular weight excluding hydrogens is 239 g/mol. The Morgan fingerprint density at radius 3 is 2.71 bits per heavy atom. The van der Waals surface area contributed by atoms with E-state index < -0.39 is 0 Å². The number of hydrogen-bond donors (Lipinski definition) is 0. The molecule has 1 nitrogen and oxygen atoms in total. The summed E-state index contributed by atoms with van der Waals surface area (Å²) in [7, 11) is 0. The lowest BCUT2D eigenvalue weighted by atomic mass is 10.0. The van der Waals surface area contributed by atoms with Crippen molar-refractivity contribution in [1.29, 1.82) is 0 Å². The highest BCUT2D eigenvalue weighted by Gasteiger charge is 2.07. The normalized spacial score (nSPS) is 10.3. The van der Waals surface area contributed by atoms with E-state index in [0.717, 1.165) is 11.1 Å². The molecule has 0 aliphatic carbocycles. The molecule has 0 unspecified atom stereocenters. The van der Waals surface area contributed by atoms with Gasteiger partial charge in [0.2, 0.25) is 0 Å². The molecule has 2 aromatic rings. The van der Waals surface area contributed by atoms with Crippen molar-refractivity contribution < 1.29 is 9.13 Å². The van der Waals surface area contributed by atoms with Gasteiger partial charge in [0.25, 0.3) is 0 Å². The van der Waals surface area contributed by atoms with Crippen molar-refractivity contribution in [3.05, 3.63) is 53.3 Å². The molecule has 0 aliphatic heterocycles. The third-order valence-electron chi connectivity index (χ3n) is 2.38. The van der Waals surface area contributed by atoms with Crippen molar-refractivity contribution in [2.75, 3.05) is 6.61 Å². The predicted octanol–water partition coefficient (Wildman–Crippen LogP) is 4.54. The van der Waals surface area contributed by atoms with Crippen molar-refractivity contribution in [2.45, 2.75) is 6.92 Å². The predicted molar refractivity (Wildman–Crippen MR) is 68.0 cm³/mol. The molecule has 17 heavy (non-hydrogen) atoms. The molecule has 0 radical (unpaired) electrons. The van der Waals surface area contributed by atoms with E-state index in [1.54, 1.807) is 18.2 Å². The fourth-order valence-corrected chi connectivity index (χ4v) is 1.83. The molecule has 0 atom stereocenters. The molecule has 3 heteroatoms. The molecule has 0 fully saturated rings. The summed E-state index contributed by atoms with van der Waals surface area (Å²) in [6.07, 6.45) is 0. The fraction of sp³-hybridized carbons (Fsp3) is 0.143. The van der Waals surface area contributed by atoms with Gasteiger partial charge in [0.05, 0.1) is 6.61 Å². The lowest BCUT2D eigenvalue weighted by Gasteiger charge is -2.10. The molecule has 2 rings (SSSR count). The van der Waals surface area contributed by atoms with Crippen LogP contribution in [0.5, 0.6) is 5.75 Å². The van der Waals surface area contributed by atoms with E-state index in [0.29, 0.717) is 17.4 Å². The van der Waals surface area contributed by atoms with E-state index in [4.69, 9.17) is 16.3 Å². The van der Waals surface area contributed by atoms with Crippen LogP contribution in [0.25, 0.3) is 11.1 Å². The van der Waals surface area contributed by atoms with Crippen LogP contribution in [0.15, 0.2) is 42.5 Å². The highest BCUT2D eigenvalue weighted by atomic mass is 35.5. The number of halogens is 2. The first-order valence-corrected chi connectivity index (χ1v) is 5.77. The summed E-state index contributed by atoms with van der Waals surface area (Å²) in [6.45, 7) is 2.44. The first-order chi connectivity index (χ1) is 8.20. The molecule has 0 aliphatic rings. The Labute approximate surface area is 105 Å². The SMILES string of the molecule is CCOc1cc(Cl)ccc1-c1cccc(F)c1. The smallest absolute Gasteiger partial charge is 0.128 e. The number of ether oxygens (including phenoxy) is 1. The highest BCUT2D eigenvalue weighted by molar-refractivity contribution is 6.30. The molecule has 0 saturated carbocycles. The van der Waals surface area contributed by atoms with Crippen molar-refractivity contribution in [3.8, 4) is 16.9 Å². The van der Waals surface area contributed by atoms with Gasteiger partial charge in [0.15, 0.2) is 0 Å².